The highest BCUT2D eigenvalue weighted by molar-refractivity contribution is 5.72. The van der Waals surface area contributed by atoms with Gasteiger partial charge in [0.1, 0.15) is 11.6 Å². The predicted octanol–water partition coefficient (Wildman–Crippen LogP) is 3.26. The molecule has 2 aromatic carbocycles. The minimum Gasteiger partial charge on any atom is -0.481 e. The highest BCUT2D eigenvalue weighted by Crippen LogP contribution is 2.23. The van der Waals surface area contributed by atoms with Crippen LogP contribution in [0, 0.1) is 11.6 Å². The molecule has 0 radical (unpaired) electrons. The van der Waals surface area contributed by atoms with Gasteiger partial charge in [0.25, 0.3) is 0 Å². The summed E-state index contributed by atoms with van der Waals surface area (Å²) >= 11 is 0. The minimum absolute atomic E-state index is 0.264. The molecule has 92 valence electrons. The first-order valence-electron chi connectivity index (χ1n) is 5.32. The summed E-state index contributed by atoms with van der Waals surface area (Å²) in [4.78, 5) is 10.6. The molecular formula is C14H10F2O2. The summed E-state index contributed by atoms with van der Waals surface area (Å²) in [7, 11) is 0. The van der Waals surface area contributed by atoms with Crippen LogP contribution in [0.4, 0.5) is 8.78 Å². The van der Waals surface area contributed by atoms with Crippen molar-refractivity contribution >= 4 is 5.97 Å². The molecule has 1 N–H and O–H groups in total. The number of rotatable bonds is 3. The third-order valence-corrected chi connectivity index (χ3v) is 2.47. The van der Waals surface area contributed by atoms with Gasteiger partial charge in [-0.2, -0.15) is 0 Å². The van der Waals surface area contributed by atoms with E-state index >= 15 is 0 Å². The van der Waals surface area contributed by atoms with E-state index in [0.29, 0.717) is 16.7 Å². The monoisotopic (exact) mass is 248 g/mol. The second-order valence-corrected chi connectivity index (χ2v) is 3.93. The Labute approximate surface area is 103 Å². The largest absolute Gasteiger partial charge is 0.481 e. The number of carbonyl (C=O) groups is 1. The molecule has 0 aliphatic heterocycles. The van der Waals surface area contributed by atoms with Crippen molar-refractivity contribution in [3.8, 4) is 11.1 Å². The topological polar surface area (TPSA) is 37.3 Å². The molecule has 0 aromatic heterocycles. The number of halogens is 2. The van der Waals surface area contributed by atoms with E-state index in [9.17, 15) is 13.6 Å². The quantitative estimate of drug-likeness (QED) is 0.905. The molecule has 0 unspecified atom stereocenters. The lowest BCUT2D eigenvalue weighted by Crippen LogP contribution is -2.00. The Morgan fingerprint density at radius 1 is 1.00 bits per heavy atom. The van der Waals surface area contributed by atoms with Gasteiger partial charge >= 0.3 is 5.97 Å². The van der Waals surface area contributed by atoms with Crippen molar-refractivity contribution in [3.05, 3.63) is 59.7 Å². The van der Waals surface area contributed by atoms with Crippen LogP contribution in [0.15, 0.2) is 42.5 Å². The number of benzene rings is 2. The molecular weight excluding hydrogens is 238 g/mol. The fourth-order valence-corrected chi connectivity index (χ4v) is 1.76. The van der Waals surface area contributed by atoms with Crippen LogP contribution >= 0.6 is 0 Å². The van der Waals surface area contributed by atoms with Gasteiger partial charge in [0, 0.05) is 0 Å². The average Bonchev–Trinajstić information content (AvgIpc) is 2.27. The van der Waals surface area contributed by atoms with Crippen LogP contribution in [0.3, 0.4) is 0 Å². The highest BCUT2D eigenvalue weighted by atomic mass is 19.1. The van der Waals surface area contributed by atoms with Crippen LogP contribution in [0.5, 0.6) is 0 Å². The average molecular weight is 248 g/mol. The van der Waals surface area contributed by atoms with Gasteiger partial charge in [0.05, 0.1) is 6.42 Å². The van der Waals surface area contributed by atoms with Gasteiger partial charge in [-0.1, -0.05) is 18.2 Å². The minimum atomic E-state index is -1.04. The number of carboxylic acids is 1. The SMILES string of the molecule is O=C(O)Cc1cc(F)cc(-c2cccc(F)c2)c1. The van der Waals surface area contributed by atoms with E-state index in [2.05, 4.69) is 0 Å². The van der Waals surface area contributed by atoms with Gasteiger partial charge < -0.3 is 5.11 Å². The molecule has 0 spiro atoms. The lowest BCUT2D eigenvalue weighted by Gasteiger charge is -2.05. The van der Waals surface area contributed by atoms with Gasteiger partial charge in [-0.15, -0.1) is 0 Å². The normalized spacial score (nSPS) is 10.3. The van der Waals surface area contributed by atoms with Crippen molar-refractivity contribution in [2.24, 2.45) is 0 Å². The second kappa shape index (κ2) is 4.96. The predicted molar refractivity (Wildman–Crippen MR) is 63.1 cm³/mol. The zero-order valence-electron chi connectivity index (χ0n) is 9.36. The van der Waals surface area contributed by atoms with Crippen LogP contribution in [-0.2, 0) is 11.2 Å². The van der Waals surface area contributed by atoms with E-state index in [1.54, 1.807) is 12.1 Å². The molecule has 18 heavy (non-hydrogen) atoms. The number of aliphatic carboxylic acids is 1. The fraction of sp³-hybridized carbons (Fsp3) is 0.0714. The number of hydrogen-bond donors (Lipinski definition) is 1. The Bertz CT molecular complexity index is 594. The van der Waals surface area contributed by atoms with E-state index in [0.717, 1.165) is 6.07 Å². The van der Waals surface area contributed by atoms with Crippen molar-refractivity contribution in [2.45, 2.75) is 6.42 Å². The molecule has 0 aliphatic carbocycles. The molecule has 0 aliphatic rings. The Morgan fingerprint density at radius 2 is 1.72 bits per heavy atom. The molecule has 2 aromatic rings. The maximum atomic E-state index is 13.4. The molecule has 2 nitrogen and oxygen atoms in total. The molecule has 0 saturated heterocycles. The molecule has 0 saturated carbocycles. The first-order chi connectivity index (χ1) is 8.54. The van der Waals surface area contributed by atoms with Crippen LogP contribution in [0.1, 0.15) is 5.56 Å². The van der Waals surface area contributed by atoms with Crippen molar-refractivity contribution in [1.29, 1.82) is 0 Å². The Morgan fingerprint density at radius 3 is 2.39 bits per heavy atom. The van der Waals surface area contributed by atoms with Crippen molar-refractivity contribution in [2.75, 3.05) is 0 Å². The van der Waals surface area contributed by atoms with E-state index < -0.39 is 17.6 Å². The van der Waals surface area contributed by atoms with Crippen LogP contribution in [0.25, 0.3) is 11.1 Å². The molecule has 2 rings (SSSR count). The number of carboxylic acid groups (broad SMARTS) is 1. The summed E-state index contributed by atoms with van der Waals surface area (Å²) in [5.41, 5.74) is 1.33. The van der Waals surface area contributed by atoms with Gasteiger partial charge in [-0.25, -0.2) is 8.78 Å². The van der Waals surface area contributed by atoms with Gasteiger partial charge in [0.2, 0.25) is 0 Å². The molecule has 0 bridgehead atoms. The molecule has 4 heteroatoms. The lowest BCUT2D eigenvalue weighted by atomic mass is 10.0. The van der Waals surface area contributed by atoms with Crippen molar-refractivity contribution in [1.82, 2.24) is 0 Å². The molecule has 0 fully saturated rings. The fourth-order valence-electron chi connectivity index (χ4n) is 1.76. The summed E-state index contributed by atoms with van der Waals surface area (Å²) in [6.07, 6.45) is -0.264. The molecule has 0 amide bonds. The first kappa shape index (κ1) is 12.2. The smallest absolute Gasteiger partial charge is 0.307 e. The molecule has 0 heterocycles. The Kier molecular flexibility index (Phi) is 3.37. The van der Waals surface area contributed by atoms with Crippen LogP contribution in [0.2, 0.25) is 0 Å². The third kappa shape index (κ3) is 2.91. The summed E-state index contributed by atoms with van der Waals surface area (Å²) in [5.74, 6) is -1.99. The van der Waals surface area contributed by atoms with Gasteiger partial charge in [-0.05, 0) is 41.0 Å². The maximum absolute atomic E-state index is 13.4. The summed E-state index contributed by atoms with van der Waals surface area (Å²) in [6, 6.07) is 9.69. The second-order valence-electron chi connectivity index (χ2n) is 3.93. The van der Waals surface area contributed by atoms with Crippen molar-refractivity contribution in [3.63, 3.8) is 0 Å². The Hall–Kier alpha value is -2.23. The van der Waals surface area contributed by atoms with E-state index in [1.807, 2.05) is 0 Å². The third-order valence-electron chi connectivity index (χ3n) is 2.47. The van der Waals surface area contributed by atoms with Crippen LogP contribution in [-0.4, -0.2) is 11.1 Å². The lowest BCUT2D eigenvalue weighted by molar-refractivity contribution is -0.136. The number of hydrogen-bond acceptors (Lipinski definition) is 1. The zero-order valence-corrected chi connectivity index (χ0v) is 9.36. The zero-order chi connectivity index (χ0) is 13.1. The van der Waals surface area contributed by atoms with E-state index in [1.165, 1.54) is 24.3 Å². The molecule has 0 atom stereocenters. The van der Waals surface area contributed by atoms with Gasteiger partial charge in [-0.3, -0.25) is 4.79 Å². The Balaban J connectivity index is 2.44. The van der Waals surface area contributed by atoms with Crippen LogP contribution < -0.4 is 0 Å². The van der Waals surface area contributed by atoms with E-state index in [4.69, 9.17) is 5.11 Å². The first-order valence-corrected chi connectivity index (χ1v) is 5.32. The summed E-state index contributed by atoms with van der Waals surface area (Å²) in [6.45, 7) is 0. The van der Waals surface area contributed by atoms with E-state index in [-0.39, 0.29) is 6.42 Å². The van der Waals surface area contributed by atoms with Gasteiger partial charge in [0.15, 0.2) is 0 Å². The summed E-state index contributed by atoms with van der Waals surface area (Å²) in [5, 5.41) is 8.68. The summed E-state index contributed by atoms with van der Waals surface area (Å²) < 4.78 is 26.5. The van der Waals surface area contributed by atoms with Crippen molar-refractivity contribution < 1.29 is 18.7 Å². The standard InChI is InChI=1S/C14H10F2O2/c15-12-3-1-2-10(7-12)11-4-9(6-14(17)18)5-13(16)8-11/h1-5,7-8H,6H2,(H,17,18). The maximum Gasteiger partial charge on any atom is 0.307 e. The highest BCUT2D eigenvalue weighted by Gasteiger charge is 2.07.